The van der Waals surface area contributed by atoms with Gasteiger partial charge in [-0.2, -0.15) is 5.10 Å². The first-order valence-electron chi connectivity index (χ1n) is 8.72. The summed E-state index contributed by atoms with van der Waals surface area (Å²) in [5.74, 6) is 0. The molecule has 2 heterocycles. The lowest BCUT2D eigenvalue weighted by Crippen LogP contribution is -2.88. The Bertz CT molecular complexity index is 904. The summed E-state index contributed by atoms with van der Waals surface area (Å²) in [5.41, 5.74) is 3.50. The highest BCUT2D eigenvalue weighted by atomic mass is 16.1. The van der Waals surface area contributed by atoms with Crippen LogP contribution in [0.4, 0.5) is 0 Å². The molecule has 0 spiro atoms. The first kappa shape index (κ1) is 15.1. The van der Waals surface area contributed by atoms with E-state index in [1.807, 2.05) is 48.0 Å². The van der Waals surface area contributed by atoms with E-state index in [0.29, 0.717) is 6.04 Å². The lowest BCUT2D eigenvalue weighted by molar-refractivity contribution is -0.703. The van der Waals surface area contributed by atoms with Gasteiger partial charge in [-0.05, 0) is 50.8 Å². The topological polar surface area (TPSA) is 67.3 Å². The molecule has 0 saturated heterocycles. The van der Waals surface area contributed by atoms with E-state index in [0.717, 1.165) is 34.5 Å². The Morgan fingerprint density at radius 2 is 2.00 bits per heavy atom. The van der Waals surface area contributed by atoms with Gasteiger partial charge >= 0.3 is 0 Å². The summed E-state index contributed by atoms with van der Waals surface area (Å²) in [7, 11) is 0. The van der Waals surface area contributed by atoms with E-state index < -0.39 is 0 Å². The van der Waals surface area contributed by atoms with E-state index >= 15 is 0 Å². The number of pyridine rings is 1. The molecule has 5 nitrogen and oxygen atoms in total. The molecule has 0 radical (unpaired) electrons. The molecular weight excluding hydrogens is 300 g/mol. The molecule has 0 atom stereocenters. The Morgan fingerprint density at radius 3 is 2.75 bits per heavy atom. The van der Waals surface area contributed by atoms with Crippen LogP contribution in [0.5, 0.6) is 0 Å². The fourth-order valence-corrected chi connectivity index (χ4v) is 3.65. The van der Waals surface area contributed by atoms with Crippen molar-refractivity contribution in [2.75, 3.05) is 0 Å². The normalized spacial score (nSPS) is 15.4. The van der Waals surface area contributed by atoms with Gasteiger partial charge in [0.05, 0.1) is 23.0 Å². The summed E-state index contributed by atoms with van der Waals surface area (Å²) in [6.07, 6.45) is 5.18. The maximum Gasteiger partial charge on any atom is 0.258 e. The van der Waals surface area contributed by atoms with Crippen LogP contribution < -0.4 is 10.9 Å². The quantitative estimate of drug-likeness (QED) is 0.771. The van der Waals surface area contributed by atoms with Gasteiger partial charge in [0.25, 0.3) is 5.56 Å². The number of hydrogen-bond donors (Lipinski definition) is 2. The second kappa shape index (κ2) is 6.24. The highest BCUT2D eigenvalue weighted by molar-refractivity contribution is 5.80. The van der Waals surface area contributed by atoms with Crippen molar-refractivity contribution >= 4 is 11.0 Å². The van der Waals surface area contributed by atoms with Gasteiger partial charge in [-0.1, -0.05) is 18.2 Å². The minimum atomic E-state index is -0.00571. The first-order chi connectivity index (χ1) is 11.7. The van der Waals surface area contributed by atoms with E-state index in [1.54, 1.807) is 0 Å². The van der Waals surface area contributed by atoms with Gasteiger partial charge in [0.2, 0.25) is 0 Å². The predicted molar refractivity (Wildman–Crippen MR) is 94.3 cm³/mol. The number of para-hydroxylation sites is 1. The Morgan fingerprint density at radius 1 is 1.25 bits per heavy atom. The number of rotatable bonds is 4. The molecule has 124 valence electrons. The molecular formula is C19H23N4O+. The van der Waals surface area contributed by atoms with E-state index in [2.05, 4.69) is 15.4 Å². The minimum Gasteiger partial charge on any atom is -0.340 e. The minimum absolute atomic E-state index is 0.00571. The van der Waals surface area contributed by atoms with Crippen molar-refractivity contribution in [2.24, 2.45) is 0 Å². The molecule has 1 aliphatic carbocycles. The number of H-pyrrole nitrogens is 1. The molecule has 0 amide bonds. The molecule has 2 aromatic heterocycles. The summed E-state index contributed by atoms with van der Waals surface area (Å²) in [5, 5.41) is 7.96. The average Bonchev–Trinajstić information content (AvgIpc) is 3.22. The fraction of sp³-hybridized carbons (Fsp3) is 0.368. The Labute approximate surface area is 140 Å². The van der Waals surface area contributed by atoms with E-state index in [-0.39, 0.29) is 5.56 Å². The summed E-state index contributed by atoms with van der Waals surface area (Å²) in [6.45, 7) is 2.73. The van der Waals surface area contributed by atoms with Crippen molar-refractivity contribution in [3.05, 3.63) is 58.0 Å². The third kappa shape index (κ3) is 2.76. The van der Waals surface area contributed by atoms with Crippen molar-refractivity contribution in [1.82, 2.24) is 14.8 Å². The summed E-state index contributed by atoms with van der Waals surface area (Å²) in [6, 6.07) is 12.6. The van der Waals surface area contributed by atoms with Crippen LogP contribution in [0.25, 0.3) is 16.7 Å². The number of aromatic nitrogens is 3. The number of hydrogen-bond acceptors (Lipinski definition) is 2. The maximum atomic E-state index is 12.5. The van der Waals surface area contributed by atoms with Crippen LogP contribution in [0, 0.1) is 6.92 Å². The van der Waals surface area contributed by atoms with E-state index in [9.17, 15) is 4.79 Å². The van der Waals surface area contributed by atoms with Gasteiger partial charge in [0.15, 0.2) is 0 Å². The zero-order valence-corrected chi connectivity index (χ0v) is 14.0. The van der Waals surface area contributed by atoms with Gasteiger partial charge in [0.1, 0.15) is 12.2 Å². The lowest BCUT2D eigenvalue weighted by Gasteiger charge is -2.08. The number of nitrogens with zero attached hydrogens (tertiary/aromatic N) is 2. The van der Waals surface area contributed by atoms with Crippen LogP contribution in [-0.2, 0) is 6.54 Å². The predicted octanol–water partition coefficient (Wildman–Crippen LogP) is 2.03. The maximum absolute atomic E-state index is 12.5. The number of aromatic amines is 1. The standard InChI is InChI=1S/C19H22N4O/c1-13-17-11-14(12-20-15-7-5-6-8-15)19(24)21-18(17)23(22-13)16-9-3-2-4-10-16/h2-4,9-11,15,20H,5-8,12H2,1H3,(H,21,24)/p+1. The third-order valence-corrected chi connectivity index (χ3v) is 5.02. The van der Waals surface area contributed by atoms with Gasteiger partial charge in [-0.25, -0.2) is 4.68 Å². The van der Waals surface area contributed by atoms with Crippen molar-refractivity contribution < 1.29 is 5.32 Å². The van der Waals surface area contributed by atoms with Crippen molar-refractivity contribution in [1.29, 1.82) is 0 Å². The molecule has 24 heavy (non-hydrogen) atoms. The van der Waals surface area contributed by atoms with Gasteiger partial charge < -0.3 is 10.3 Å². The fourth-order valence-electron chi connectivity index (χ4n) is 3.65. The molecule has 0 aliphatic heterocycles. The van der Waals surface area contributed by atoms with Crippen LogP contribution in [0.3, 0.4) is 0 Å². The van der Waals surface area contributed by atoms with Gasteiger partial charge in [-0.15, -0.1) is 0 Å². The zero-order chi connectivity index (χ0) is 16.5. The van der Waals surface area contributed by atoms with Crippen molar-refractivity contribution in [3.8, 4) is 5.69 Å². The number of quaternary nitrogens is 1. The second-order valence-corrected chi connectivity index (χ2v) is 6.70. The number of benzene rings is 1. The van der Waals surface area contributed by atoms with E-state index in [4.69, 9.17) is 0 Å². The molecule has 1 aliphatic rings. The smallest absolute Gasteiger partial charge is 0.258 e. The van der Waals surface area contributed by atoms with Crippen LogP contribution in [0.2, 0.25) is 0 Å². The molecule has 3 aromatic rings. The lowest BCUT2D eigenvalue weighted by atomic mass is 10.2. The molecule has 4 rings (SSSR count). The van der Waals surface area contributed by atoms with Gasteiger partial charge in [0, 0.05) is 5.39 Å². The number of nitrogens with two attached hydrogens (primary N) is 1. The highest BCUT2D eigenvalue weighted by Crippen LogP contribution is 2.19. The Kier molecular flexibility index (Phi) is 3.94. The Hall–Kier alpha value is -2.40. The molecule has 1 saturated carbocycles. The van der Waals surface area contributed by atoms with Crippen LogP contribution in [-0.4, -0.2) is 20.8 Å². The molecule has 1 fully saturated rings. The number of aryl methyl sites for hydroxylation is 1. The van der Waals surface area contributed by atoms with Crippen LogP contribution in [0.1, 0.15) is 36.9 Å². The average molecular weight is 323 g/mol. The van der Waals surface area contributed by atoms with Crippen LogP contribution in [0.15, 0.2) is 41.2 Å². The largest absolute Gasteiger partial charge is 0.340 e. The summed E-state index contributed by atoms with van der Waals surface area (Å²) >= 11 is 0. The SMILES string of the molecule is Cc1nn(-c2ccccc2)c2[nH]c(=O)c(C[NH2+]C3CCCC3)cc12. The third-order valence-electron chi connectivity index (χ3n) is 5.02. The zero-order valence-electron chi connectivity index (χ0n) is 14.0. The number of nitrogens with one attached hydrogen (secondary N) is 1. The first-order valence-corrected chi connectivity index (χ1v) is 8.72. The van der Waals surface area contributed by atoms with Crippen molar-refractivity contribution in [2.45, 2.75) is 45.2 Å². The molecule has 1 aromatic carbocycles. The summed E-state index contributed by atoms with van der Waals surface area (Å²) < 4.78 is 1.82. The Balaban J connectivity index is 1.70. The number of fused-ring (bicyclic) bond motifs is 1. The molecule has 5 heteroatoms. The van der Waals surface area contributed by atoms with E-state index in [1.165, 1.54) is 25.7 Å². The molecule has 0 unspecified atom stereocenters. The van der Waals surface area contributed by atoms with Gasteiger partial charge in [-0.3, -0.25) is 4.79 Å². The molecule has 0 bridgehead atoms. The molecule has 3 N–H and O–H groups in total. The second-order valence-electron chi connectivity index (χ2n) is 6.70. The monoisotopic (exact) mass is 323 g/mol. The highest BCUT2D eigenvalue weighted by Gasteiger charge is 2.19. The summed E-state index contributed by atoms with van der Waals surface area (Å²) in [4.78, 5) is 15.6. The van der Waals surface area contributed by atoms with Crippen LogP contribution >= 0.6 is 0 Å². The van der Waals surface area contributed by atoms with Crippen molar-refractivity contribution in [3.63, 3.8) is 0 Å².